The van der Waals surface area contributed by atoms with Gasteiger partial charge in [-0.25, -0.2) is 8.42 Å². The lowest BCUT2D eigenvalue weighted by Crippen LogP contribution is -2.16. The Labute approximate surface area is 84.4 Å². The second-order valence-electron chi connectivity index (χ2n) is 3.44. The Morgan fingerprint density at radius 3 is 2.57 bits per heavy atom. The molecule has 0 bridgehead atoms. The maximum Gasteiger partial charge on any atom is 0.172 e. The number of allylic oxidation sites excluding steroid dienone is 3. The molecule has 0 unspecified atom stereocenters. The molecule has 0 atom stereocenters. The predicted molar refractivity (Wildman–Crippen MR) is 55.5 cm³/mol. The van der Waals surface area contributed by atoms with Crippen molar-refractivity contribution in [2.75, 3.05) is 6.26 Å². The van der Waals surface area contributed by atoms with Gasteiger partial charge in [-0.05, 0) is 19.3 Å². The zero-order chi connectivity index (χ0) is 10.8. The van der Waals surface area contributed by atoms with Crippen LogP contribution in [-0.2, 0) is 14.6 Å². The first kappa shape index (κ1) is 11.2. The zero-order valence-corrected chi connectivity index (χ0v) is 9.06. The van der Waals surface area contributed by atoms with Crippen molar-refractivity contribution in [3.8, 4) is 0 Å². The number of rotatable bonds is 3. The molecule has 0 spiro atoms. The Morgan fingerprint density at radius 1 is 1.43 bits per heavy atom. The molecule has 0 heterocycles. The molecular weight excluding hydrogens is 200 g/mol. The van der Waals surface area contributed by atoms with Crippen molar-refractivity contribution < 1.29 is 13.2 Å². The summed E-state index contributed by atoms with van der Waals surface area (Å²) in [5.74, 6) is -0.0448. The van der Waals surface area contributed by atoms with Gasteiger partial charge in [0.1, 0.15) is 0 Å². The van der Waals surface area contributed by atoms with E-state index in [1.165, 1.54) is 0 Å². The third kappa shape index (κ3) is 2.32. The van der Waals surface area contributed by atoms with Crippen molar-refractivity contribution >= 4 is 15.6 Å². The number of carbonyl (C=O) groups excluding carboxylic acids is 1. The Morgan fingerprint density at radius 2 is 2.07 bits per heavy atom. The Kier molecular flexibility index (Phi) is 3.26. The molecule has 0 radical (unpaired) electrons. The molecule has 1 aliphatic carbocycles. The SMILES string of the molecule is C=CCC1=C(S(C)(=O)=O)CCCC1=O. The van der Waals surface area contributed by atoms with Crippen molar-refractivity contribution in [1.29, 1.82) is 0 Å². The number of hydrogen-bond acceptors (Lipinski definition) is 3. The van der Waals surface area contributed by atoms with Crippen LogP contribution in [-0.4, -0.2) is 20.5 Å². The lowest BCUT2D eigenvalue weighted by atomic mass is 9.95. The fourth-order valence-electron chi connectivity index (χ4n) is 1.65. The van der Waals surface area contributed by atoms with Gasteiger partial charge in [-0.3, -0.25) is 4.79 Å². The standard InChI is InChI=1S/C10H14O3S/c1-3-5-8-9(11)6-4-7-10(8)14(2,12)13/h3H,1,4-7H2,2H3. The van der Waals surface area contributed by atoms with Crippen LogP contribution in [0.3, 0.4) is 0 Å². The van der Waals surface area contributed by atoms with Crippen LogP contribution in [0.4, 0.5) is 0 Å². The zero-order valence-electron chi connectivity index (χ0n) is 8.25. The van der Waals surface area contributed by atoms with Gasteiger partial charge in [0.2, 0.25) is 0 Å². The first-order valence-corrected chi connectivity index (χ1v) is 6.42. The summed E-state index contributed by atoms with van der Waals surface area (Å²) in [7, 11) is -3.22. The van der Waals surface area contributed by atoms with Crippen molar-refractivity contribution in [3.05, 3.63) is 23.1 Å². The highest BCUT2D eigenvalue weighted by atomic mass is 32.2. The molecule has 0 fully saturated rings. The first-order chi connectivity index (χ1) is 6.46. The third-order valence-electron chi connectivity index (χ3n) is 2.28. The third-order valence-corrected chi connectivity index (χ3v) is 3.62. The maximum atomic E-state index is 11.5. The Balaban J connectivity index is 3.23. The van der Waals surface area contributed by atoms with E-state index in [1.807, 2.05) is 0 Å². The molecule has 0 aliphatic heterocycles. The van der Waals surface area contributed by atoms with Crippen LogP contribution in [0.25, 0.3) is 0 Å². The largest absolute Gasteiger partial charge is 0.295 e. The molecule has 0 N–H and O–H groups in total. The minimum atomic E-state index is -3.22. The highest BCUT2D eigenvalue weighted by Gasteiger charge is 2.25. The van der Waals surface area contributed by atoms with E-state index in [0.717, 1.165) is 6.26 Å². The summed E-state index contributed by atoms with van der Waals surface area (Å²) in [6, 6.07) is 0. The summed E-state index contributed by atoms with van der Waals surface area (Å²) in [6.45, 7) is 3.52. The number of hydrogen-bond donors (Lipinski definition) is 0. The van der Waals surface area contributed by atoms with E-state index in [2.05, 4.69) is 6.58 Å². The van der Waals surface area contributed by atoms with E-state index in [4.69, 9.17) is 0 Å². The molecule has 4 heteroatoms. The van der Waals surface area contributed by atoms with E-state index < -0.39 is 9.84 Å². The van der Waals surface area contributed by atoms with E-state index in [1.54, 1.807) is 6.08 Å². The van der Waals surface area contributed by atoms with Gasteiger partial charge in [-0.15, -0.1) is 6.58 Å². The molecular formula is C10H14O3S. The highest BCUT2D eigenvalue weighted by Crippen LogP contribution is 2.27. The lowest BCUT2D eigenvalue weighted by Gasteiger charge is -2.16. The minimum Gasteiger partial charge on any atom is -0.295 e. The number of Topliss-reactive ketones (excluding diaryl/α,β-unsaturated/α-hetero) is 1. The van der Waals surface area contributed by atoms with Crippen LogP contribution in [0.15, 0.2) is 23.1 Å². The molecule has 78 valence electrons. The molecule has 0 amide bonds. The van der Waals surface area contributed by atoms with Crippen molar-refractivity contribution in [2.45, 2.75) is 25.7 Å². The van der Waals surface area contributed by atoms with Gasteiger partial charge in [0.15, 0.2) is 15.6 Å². The molecule has 1 rings (SSSR count). The van der Waals surface area contributed by atoms with E-state index >= 15 is 0 Å². The summed E-state index contributed by atoms with van der Waals surface area (Å²) in [5.41, 5.74) is 0.439. The number of sulfone groups is 1. The topological polar surface area (TPSA) is 51.2 Å². The normalized spacial score (nSPS) is 18.5. The van der Waals surface area contributed by atoms with Gasteiger partial charge >= 0.3 is 0 Å². The average molecular weight is 214 g/mol. The minimum absolute atomic E-state index is 0.0448. The molecule has 0 saturated carbocycles. The molecule has 0 saturated heterocycles. The van der Waals surface area contributed by atoms with E-state index in [-0.39, 0.29) is 5.78 Å². The quantitative estimate of drug-likeness (QED) is 0.671. The summed E-state index contributed by atoms with van der Waals surface area (Å²) in [6.07, 6.45) is 4.69. The van der Waals surface area contributed by atoms with Crippen LogP contribution >= 0.6 is 0 Å². The fourth-order valence-corrected chi connectivity index (χ4v) is 2.81. The van der Waals surface area contributed by atoms with Gasteiger partial charge in [-0.2, -0.15) is 0 Å². The average Bonchev–Trinajstić information content (AvgIpc) is 2.07. The number of ketones is 1. The van der Waals surface area contributed by atoms with Gasteiger partial charge < -0.3 is 0 Å². The van der Waals surface area contributed by atoms with Crippen molar-refractivity contribution in [2.24, 2.45) is 0 Å². The van der Waals surface area contributed by atoms with E-state index in [0.29, 0.717) is 36.2 Å². The van der Waals surface area contributed by atoms with Crippen molar-refractivity contribution in [1.82, 2.24) is 0 Å². The fraction of sp³-hybridized carbons (Fsp3) is 0.500. The Bertz CT molecular complexity index is 388. The van der Waals surface area contributed by atoms with Gasteiger partial charge in [0, 0.05) is 18.2 Å². The van der Waals surface area contributed by atoms with Crippen molar-refractivity contribution in [3.63, 3.8) is 0 Å². The highest BCUT2D eigenvalue weighted by molar-refractivity contribution is 7.94. The van der Waals surface area contributed by atoms with E-state index in [9.17, 15) is 13.2 Å². The first-order valence-electron chi connectivity index (χ1n) is 4.53. The summed E-state index contributed by atoms with van der Waals surface area (Å²) >= 11 is 0. The van der Waals surface area contributed by atoms with Crippen LogP contribution in [0, 0.1) is 0 Å². The van der Waals surface area contributed by atoms with Crippen LogP contribution in [0.2, 0.25) is 0 Å². The molecule has 0 aromatic rings. The van der Waals surface area contributed by atoms with Gasteiger partial charge in [0.25, 0.3) is 0 Å². The molecule has 0 aromatic heterocycles. The number of carbonyl (C=O) groups is 1. The molecule has 0 aromatic carbocycles. The second-order valence-corrected chi connectivity index (χ2v) is 5.48. The molecule has 1 aliphatic rings. The maximum absolute atomic E-state index is 11.5. The summed E-state index contributed by atoms with van der Waals surface area (Å²) in [5, 5.41) is 0. The monoisotopic (exact) mass is 214 g/mol. The lowest BCUT2D eigenvalue weighted by molar-refractivity contribution is -0.116. The molecule has 14 heavy (non-hydrogen) atoms. The molecule has 3 nitrogen and oxygen atoms in total. The Hall–Kier alpha value is -0.900. The van der Waals surface area contributed by atoms with Gasteiger partial charge in [-0.1, -0.05) is 6.08 Å². The summed E-state index contributed by atoms with van der Waals surface area (Å²) in [4.78, 5) is 11.8. The second kappa shape index (κ2) is 4.09. The van der Waals surface area contributed by atoms with Crippen LogP contribution in [0.1, 0.15) is 25.7 Å². The summed E-state index contributed by atoms with van der Waals surface area (Å²) < 4.78 is 22.7. The van der Waals surface area contributed by atoms with Gasteiger partial charge in [0.05, 0.1) is 4.91 Å². The van der Waals surface area contributed by atoms with Crippen LogP contribution in [0.5, 0.6) is 0 Å². The van der Waals surface area contributed by atoms with Crippen LogP contribution < -0.4 is 0 Å². The smallest absolute Gasteiger partial charge is 0.172 e. The predicted octanol–water partition coefficient (Wildman–Crippen LogP) is 1.61.